The Labute approximate surface area is 127 Å². The average Bonchev–Trinajstić information content (AvgIpc) is 3.08. The number of Topliss-reactive ketones (excluding diaryl/α,β-unsaturated/α-hetero) is 1. The first-order chi connectivity index (χ1) is 10.2. The first-order valence-electron chi connectivity index (χ1n) is 8.80. The second-order valence-corrected chi connectivity index (χ2v) is 7.05. The molecule has 0 aromatic heterocycles. The van der Waals surface area contributed by atoms with E-state index in [1.165, 1.54) is 19.3 Å². The number of rotatable bonds is 4. The number of carbonyl (C=O) groups is 2. The summed E-state index contributed by atoms with van der Waals surface area (Å²) < 4.78 is 0. The molecule has 3 rings (SSSR count). The van der Waals surface area contributed by atoms with Crippen LogP contribution in [0.25, 0.3) is 0 Å². The quantitative estimate of drug-likeness (QED) is 0.865. The molecule has 3 fully saturated rings. The van der Waals surface area contributed by atoms with Gasteiger partial charge in [-0.15, -0.1) is 0 Å². The molecule has 4 nitrogen and oxygen atoms in total. The zero-order valence-corrected chi connectivity index (χ0v) is 13.0. The van der Waals surface area contributed by atoms with Crippen LogP contribution >= 0.6 is 0 Å². The summed E-state index contributed by atoms with van der Waals surface area (Å²) in [5.41, 5.74) is 0. The number of nitrogens with one attached hydrogen (secondary N) is 1. The Hall–Kier alpha value is -0.900. The lowest BCUT2D eigenvalue weighted by molar-refractivity contribution is -0.126. The Morgan fingerprint density at radius 1 is 1.05 bits per heavy atom. The third-order valence-electron chi connectivity index (χ3n) is 5.55. The van der Waals surface area contributed by atoms with Crippen LogP contribution in [-0.4, -0.2) is 41.8 Å². The Morgan fingerprint density at radius 3 is 2.57 bits per heavy atom. The Kier molecular flexibility index (Phi) is 4.94. The zero-order valence-electron chi connectivity index (χ0n) is 13.0. The Bertz CT molecular complexity index is 390. The molecule has 118 valence electrons. The van der Waals surface area contributed by atoms with Crippen LogP contribution in [0.3, 0.4) is 0 Å². The minimum atomic E-state index is 0.166. The van der Waals surface area contributed by atoms with E-state index in [0.717, 1.165) is 51.5 Å². The van der Waals surface area contributed by atoms with Gasteiger partial charge < -0.3 is 5.32 Å². The highest BCUT2D eigenvalue weighted by Gasteiger charge is 2.38. The van der Waals surface area contributed by atoms with Crippen molar-refractivity contribution in [2.45, 2.75) is 76.3 Å². The molecule has 0 bridgehead atoms. The lowest BCUT2D eigenvalue weighted by Gasteiger charge is -2.29. The van der Waals surface area contributed by atoms with Gasteiger partial charge in [0.2, 0.25) is 5.91 Å². The lowest BCUT2D eigenvalue weighted by atomic mass is 9.94. The van der Waals surface area contributed by atoms with E-state index in [0.29, 0.717) is 24.4 Å². The number of amides is 1. The summed E-state index contributed by atoms with van der Waals surface area (Å²) in [6.07, 6.45) is 11.1. The molecular formula is C17H28N2O2. The van der Waals surface area contributed by atoms with Crippen molar-refractivity contribution < 1.29 is 9.59 Å². The van der Waals surface area contributed by atoms with Gasteiger partial charge in [-0.3, -0.25) is 14.5 Å². The van der Waals surface area contributed by atoms with Gasteiger partial charge in [0.15, 0.2) is 0 Å². The Balaban J connectivity index is 1.50. The fraction of sp³-hybridized carbons (Fsp3) is 0.882. The van der Waals surface area contributed by atoms with E-state index in [1.54, 1.807) is 0 Å². The van der Waals surface area contributed by atoms with Crippen LogP contribution < -0.4 is 5.32 Å². The van der Waals surface area contributed by atoms with Crippen molar-refractivity contribution in [2.75, 3.05) is 13.1 Å². The van der Waals surface area contributed by atoms with Gasteiger partial charge in [-0.1, -0.05) is 19.3 Å². The molecule has 4 heteroatoms. The summed E-state index contributed by atoms with van der Waals surface area (Å²) in [6, 6.07) is 0.720. The van der Waals surface area contributed by atoms with Crippen molar-refractivity contribution in [3.63, 3.8) is 0 Å². The van der Waals surface area contributed by atoms with Gasteiger partial charge in [-0.25, -0.2) is 0 Å². The predicted molar refractivity (Wildman–Crippen MR) is 82.0 cm³/mol. The fourth-order valence-corrected chi connectivity index (χ4v) is 4.46. The summed E-state index contributed by atoms with van der Waals surface area (Å²) in [6.45, 7) is 1.47. The van der Waals surface area contributed by atoms with E-state index in [2.05, 4.69) is 10.2 Å². The second kappa shape index (κ2) is 6.91. The molecule has 21 heavy (non-hydrogen) atoms. The smallest absolute Gasteiger partial charge is 0.234 e. The van der Waals surface area contributed by atoms with Crippen LogP contribution in [0.15, 0.2) is 0 Å². The molecule has 2 atom stereocenters. The molecule has 0 aromatic rings. The van der Waals surface area contributed by atoms with Crippen molar-refractivity contribution in [1.82, 2.24) is 10.2 Å². The zero-order chi connectivity index (χ0) is 14.7. The van der Waals surface area contributed by atoms with Gasteiger partial charge in [0, 0.05) is 24.4 Å². The monoisotopic (exact) mass is 292 g/mol. The highest BCUT2D eigenvalue weighted by molar-refractivity contribution is 5.84. The maximum Gasteiger partial charge on any atom is 0.234 e. The topological polar surface area (TPSA) is 49.4 Å². The van der Waals surface area contributed by atoms with E-state index in [9.17, 15) is 9.59 Å². The van der Waals surface area contributed by atoms with Crippen LogP contribution in [0.4, 0.5) is 0 Å². The minimum Gasteiger partial charge on any atom is -0.352 e. The van der Waals surface area contributed by atoms with E-state index < -0.39 is 0 Å². The van der Waals surface area contributed by atoms with E-state index >= 15 is 0 Å². The third-order valence-corrected chi connectivity index (χ3v) is 5.55. The molecule has 2 saturated carbocycles. The molecule has 2 unspecified atom stereocenters. The SMILES string of the molecule is O=C(CN1CCCC1C1CCCC1=O)NC1CCCCC1. The summed E-state index contributed by atoms with van der Waals surface area (Å²) in [7, 11) is 0. The largest absolute Gasteiger partial charge is 0.352 e. The maximum absolute atomic E-state index is 12.3. The van der Waals surface area contributed by atoms with E-state index in [4.69, 9.17) is 0 Å². The average molecular weight is 292 g/mol. The molecule has 0 aromatic carbocycles. The molecule has 0 spiro atoms. The fourth-order valence-electron chi connectivity index (χ4n) is 4.46. The molecular weight excluding hydrogens is 264 g/mol. The molecule has 3 aliphatic rings. The highest BCUT2D eigenvalue weighted by atomic mass is 16.2. The number of carbonyl (C=O) groups excluding carboxylic acids is 2. The first kappa shape index (κ1) is 15.0. The lowest BCUT2D eigenvalue weighted by Crippen LogP contribution is -2.46. The summed E-state index contributed by atoms with van der Waals surface area (Å²) in [5, 5.41) is 3.20. The Morgan fingerprint density at radius 2 is 1.86 bits per heavy atom. The molecule has 1 N–H and O–H groups in total. The van der Waals surface area contributed by atoms with Crippen molar-refractivity contribution in [3.8, 4) is 0 Å². The van der Waals surface area contributed by atoms with Crippen molar-refractivity contribution >= 4 is 11.7 Å². The molecule has 1 heterocycles. The first-order valence-corrected chi connectivity index (χ1v) is 8.80. The molecule has 0 radical (unpaired) electrons. The van der Waals surface area contributed by atoms with Crippen LogP contribution in [0.5, 0.6) is 0 Å². The van der Waals surface area contributed by atoms with E-state index in [-0.39, 0.29) is 11.8 Å². The van der Waals surface area contributed by atoms with Crippen LogP contribution in [0.2, 0.25) is 0 Å². The van der Waals surface area contributed by atoms with Crippen LogP contribution in [-0.2, 0) is 9.59 Å². The normalized spacial score (nSPS) is 31.7. The standard InChI is InChI=1S/C17H28N2O2/c20-16-10-4-8-14(16)15-9-5-11-19(15)12-17(21)18-13-6-2-1-3-7-13/h13-15H,1-12H2,(H,18,21). The van der Waals surface area contributed by atoms with Crippen LogP contribution in [0.1, 0.15) is 64.2 Å². The highest BCUT2D eigenvalue weighted by Crippen LogP contribution is 2.33. The van der Waals surface area contributed by atoms with E-state index in [1.807, 2.05) is 0 Å². The number of ketones is 1. The summed E-state index contributed by atoms with van der Waals surface area (Å²) >= 11 is 0. The van der Waals surface area contributed by atoms with Gasteiger partial charge in [0.05, 0.1) is 6.54 Å². The number of hydrogen-bond acceptors (Lipinski definition) is 3. The van der Waals surface area contributed by atoms with Gasteiger partial charge in [0.25, 0.3) is 0 Å². The molecule has 1 saturated heterocycles. The number of nitrogens with zero attached hydrogens (tertiary/aromatic N) is 1. The minimum absolute atomic E-state index is 0.166. The maximum atomic E-state index is 12.3. The summed E-state index contributed by atoms with van der Waals surface area (Å²) in [4.78, 5) is 26.5. The van der Waals surface area contributed by atoms with Crippen molar-refractivity contribution in [3.05, 3.63) is 0 Å². The van der Waals surface area contributed by atoms with Gasteiger partial charge in [-0.05, 0) is 45.1 Å². The van der Waals surface area contributed by atoms with Crippen molar-refractivity contribution in [2.24, 2.45) is 5.92 Å². The third kappa shape index (κ3) is 3.65. The number of likely N-dealkylation sites (tertiary alicyclic amines) is 1. The number of hydrogen-bond donors (Lipinski definition) is 1. The molecule has 1 amide bonds. The van der Waals surface area contributed by atoms with Gasteiger partial charge in [-0.2, -0.15) is 0 Å². The van der Waals surface area contributed by atoms with Crippen LogP contribution in [0, 0.1) is 5.92 Å². The predicted octanol–water partition coefficient (Wildman–Crippen LogP) is 2.27. The molecule has 2 aliphatic carbocycles. The summed E-state index contributed by atoms with van der Waals surface area (Å²) in [5.74, 6) is 0.800. The van der Waals surface area contributed by atoms with Crippen molar-refractivity contribution in [1.29, 1.82) is 0 Å². The molecule has 1 aliphatic heterocycles. The van der Waals surface area contributed by atoms with Gasteiger partial charge >= 0.3 is 0 Å². The van der Waals surface area contributed by atoms with Gasteiger partial charge in [0.1, 0.15) is 5.78 Å². The second-order valence-electron chi connectivity index (χ2n) is 7.05.